The predicted octanol–water partition coefficient (Wildman–Crippen LogP) is 3.43. The number of rotatable bonds is 2. The minimum atomic E-state index is -0.843. The lowest BCUT2D eigenvalue weighted by Gasteiger charge is -2.09. The van der Waals surface area contributed by atoms with Gasteiger partial charge in [0.15, 0.2) is 0 Å². The normalized spacial score (nSPS) is 10.4. The summed E-state index contributed by atoms with van der Waals surface area (Å²) in [5, 5.41) is 16.7. The van der Waals surface area contributed by atoms with Gasteiger partial charge >= 0.3 is 11.8 Å². The van der Waals surface area contributed by atoms with Crippen molar-refractivity contribution in [3.8, 4) is 5.75 Å². The second kappa shape index (κ2) is 6.42. The Labute approximate surface area is 138 Å². The Morgan fingerprint density at radius 2 is 1.54 bits per heavy atom. The third kappa shape index (κ3) is 3.35. The van der Waals surface area contributed by atoms with Gasteiger partial charge in [-0.15, -0.1) is 0 Å². The molecule has 0 radical (unpaired) electrons. The van der Waals surface area contributed by atoms with Gasteiger partial charge in [0.25, 0.3) is 0 Å². The van der Waals surface area contributed by atoms with Gasteiger partial charge in [-0.25, -0.2) is 0 Å². The minimum absolute atomic E-state index is 0.0903. The molecule has 3 aromatic rings. The van der Waals surface area contributed by atoms with Crippen LogP contribution in [-0.2, 0) is 9.59 Å². The van der Waals surface area contributed by atoms with Crippen LogP contribution in [0.1, 0.15) is 5.56 Å². The van der Waals surface area contributed by atoms with E-state index in [9.17, 15) is 14.7 Å². The van der Waals surface area contributed by atoms with E-state index in [0.29, 0.717) is 5.69 Å². The summed E-state index contributed by atoms with van der Waals surface area (Å²) < 4.78 is 0. The topological polar surface area (TPSA) is 78.4 Å². The van der Waals surface area contributed by atoms with Gasteiger partial charge in [-0.1, -0.05) is 36.4 Å². The Kier molecular flexibility index (Phi) is 4.16. The van der Waals surface area contributed by atoms with Gasteiger partial charge in [0, 0.05) is 5.69 Å². The van der Waals surface area contributed by atoms with Crippen LogP contribution in [0.15, 0.2) is 60.7 Å². The lowest BCUT2D eigenvalue weighted by Crippen LogP contribution is -2.29. The Bertz CT molecular complexity index is 935. The number of aromatic hydroxyl groups is 1. The SMILES string of the molecule is Cc1ccc(O)c(NC(=O)C(=O)Nc2ccc3ccccc3c2)c1. The molecule has 120 valence electrons. The molecule has 0 aliphatic rings. The van der Waals surface area contributed by atoms with Crippen molar-refractivity contribution in [1.29, 1.82) is 0 Å². The molecule has 0 spiro atoms. The summed E-state index contributed by atoms with van der Waals surface area (Å²) in [6, 6.07) is 17.9. The Morgan fingerprint density at radius 3 is 2.33 bits per heavy atom. The number of phenols is 1. The third-order valence-electron chi connectivity index (χ3n) is 3.61. The molecule has 0 saturated carbocycles. The number of amides is 2. The van der Waals surface area contributed by atoms with Crippen molar-refractivity contribution < 1.29 is 14.7 Å². The van der Waals surface area contributed by atoms with E-state index in [0.717, 1.165) is 16.3 Å². The maximum atomic E-state index is 12.0. The first kappa shape index (κ1) is 15.6. The van der Waals surface area contributed by atoms with Crippen molar-refractivity contribution in [3.63, 3.8) is 0 Å². The highest BCUT2D eigenvalue weighted by Crippen LogP contribution is 2.24. The monoisotopic (exact) mass is 320 g/mol. The maximum absolute atomic E-state index is 12.0. The molecule has 0 unspecified atom stereocenters. The number of nitrogens with one attached hydrogen (secondary N) is 2. The molecule has 24 heavy (non-hydrogen) atoms. The summed E-state index contributed by atoms with van der Waals surface area (Å²) in [6.07, 6.45) is 0. The van der Waals surface area contributed by atoms with E-state index in [1.54, 1.807) is 24.3 Å². The third-order valence-corrected chi connectivity index (χ3v) is 3.61. The molecule has 0 atom stereocenters. The van der Waals surface area contributed by atoms with Gasteiger partial charge in [0.1, 0.15) is 5.75 Å². The molecule has 3 N–H and O–H groups in total. The van der Waals surface area contributed by atoms with Crippen molar-refractivity contribution in [2.75, 3.05) is 10.6 Å². The average molecular weight is 320 g/mol. The molecule has 5 nitrogen and oxygen atoms in total. The predicted molar refractivity (Wildman–Crippen MR) is 94.1 cm³/mol. The van der Waals surface area contributed by atoms with Crippen LogP contribution in [0.25, 0.3) is 10.8 Å². The molecule has 0 aliphatic carbocycles. The molecule has 0 aliphatic heterocycles. The van der Waals surface area contributed by atoms with Gasteiger partial charge < -0.3 is 15.7 Å². The summed E-state index contributed by atoms with van der Waals surface area (Å²) in [6.45, 7) is 1.82. The average Bonchev–Trinajstić information content (AvgIpc) is 2.58. The van der Waals surface area contributed by atoms with Gasteiger partial charge in [-0.05, 0) is 47.5 Å². The van der Waals surface area contributed by atoms with Crippen molar-refractivity contribution in [2.45, 2.75) is 6.92 Å². The summed E-state index contributed by atoms with van der Waals surface area (Å²) >= 11 is 0. The first-order valence-electron chi connectivity index (χ1n) is 7.44. The van der Waals surface area contributed by atoms with Crippen molar-refractivity contribution in [3.05, 3.63) is 66.2 Å². The van der Waals surface area contributed by atoms with E-state index in [1.807, 2.05) is 37.3 Å². The zero-order valence-electron chi connectivity index (χ0n) is 13.0. The number of anilines is 2. The summed E-state index contributed by atoms with van der Waals surface area (Å²) in [5.41, 5.74) is 1.59. The second-order valence-electron chi connectivity index (χ2n) is 5.49. The van der Waals surface area contributed by atoms with Gasteiger partial charge in [0.2, 0.25) is 0 Å². The van der Waals surface area contributed by atoms with Crippen LogP contribution < -0.4 is 10.6 Å². The fourth-order valence-corrected chi connectivity index (χ4v) is 2.38. The quantitative estimate of drug-likeness (QED) is 0.500. The summed E-state index contributed by atoms with van der Waals surface area (Å²) in [5.74, 6) is -1.73. The number of hydrogen-bond donors (Lipinski definition) is 3. The molecule has 3 rings (SSSR count). The van der Waals surface area contributed by atoms with Crippen LogP contribution in [0.2, 0.25) is 0 Å². The number of hydrogen-bond acceptors (Lipinski definition) is 3. The van der Waals surface area contributed by atoms with E-state index in [4.69, 9.17) is 0 Å². The van der Waals surface area contributed by atoms with Gasteiger partial charge in [-0.3, -0.25) is 9.59 Å². The van der Waals surface area contributed by atoms with Crippen LogP contribution in [-0.4, -0.2) is 16.9 Å². The molecule has 0 aromatic heterocycles. The lowest BCUT2D eigenvalue weighted by atomic mass is 10.1. The molecular formula is C19H16N2O3. The standard InChI is InChI=1S/C19H16N2O3/c1-12-6-9-17(22)16(10-12)21-19(24)18(23)20-15-8-7-13-4-2-3-5-14(13)11-15/h2-11,22H,1H3,(H,20,23)(H,21,24). The fourth-order valence-electron chi connectivity index (χ4n) is 2.38. The number of aryl methyl sites for hydroxylation is 1. The highest BCUT2D eigenvalue weighted by Gasteiger charge is 2.16. The summed E-state index contributed by atoms with van der Waals surface area (Å²) in [7, 11) is 0. The highest BCUT2D eigenvalue weighted by atomic mass is 16.3. The molecule has 2 amide bonds. The van der Waals surface area contributed by atoms with E-state index in [2.05, 4.69) is 10.6 Å². The van der Waals surface area contributed by atoms with E-state index in [1.165, 1.54) is 6.07 Å². The molecule has 3 aromatic carbocycles. The Morgan fingerprint density at radius 1 is 0.833 bits per heavy atom. The molecule has 0 saturated heterocycles. The molecule has 0 fully saturated rings. The Balaban J connectivity index is 1.73. The number of phenolic OH excluding ortho intramolecular Hbond substituents is 1. The Hall–Kier alpha value is -3.34. The molecule has 5 heteroatoms. The number of fused-ring (bicyclic) bond motifs is 1. The largest absolute Gasteiger partial charge is 0.506 e. The second-order valence-corrected chi connectivity index (χ2v) is 5.49. The minimum Gasteiger partial charge on any atom is -0.506 e. The number of carbonyl (C=O) groups is 2. The number of benzene rings is 3. The van der Waals surface area contributed by atoms with E-state index < -0.39 is 11.8 Å². The molecule has 0 bridgehead atoms. The first-order chi connectivity index (χ1) is 11.5. The smallest absolute Gasteiger partial charge is 0.314 e. The van der Waals surface area contributed by atoms with Crippen LogP contribution >= 0.6 is 0 Å². The molecular weight excluding hydrogens is 304 g/mol. The van der Waals surface area contributed by atoms with Crippen molar-refractivity contribution in [1.82, 2.24) is 0 Å². The van der Waals surface area contributed by atoms with Crippen LogP contribution in [0, 0.1) is 6.92 Å². The first-order valence-corrected chi connectivity index (χ1v) is 7.44. The van der Waals surface area contributed by atoms with Crippen LogP contribution in [0.4, 0.5) is 11.4 Å². The van der Waals surface area contributed by atoms with E-state index in [-0.39, 0.29) is 11.4 Å². The molecule has 0 heterocycles. The highest BCUT2D eigenvalue weighted by molar-refractivity contribution is 6.43. The lowest BCUT2D eigenvalue weighted by molar-refractivity contribution is -0.133. The number of carbonyl (C=O) groups excluding carboxylic acids is 2. The van der Waals surface area contributed by atoms with Crippen LogP contribution in [0.5, 0.6) is 5.75 Å². The van der Waals surface area contributed by atoms with Crippen molar-refractivity contribution >= 4 is 34.0 Å². The van der Waals surface area contributed by atoms with Crippen molar-refractivity contribution in [2.24, 2.45) is 0 Å². The maximum Gasteiger partial charge on any atom is 0.314 e. The zero-order valence-corrected chi connectivity index (χ0v) is 13.0. The van der Waals surface area contributed by atoms with Gasteiger partial charge in [-0.2, -0.15) is 0 Å². The van der Waals surface area contributed by atoms with E-state index >= 15 is 0 Å². The summed E-state index contributed by atoms with van der Waals surface area (Å²) in [4.78, 5) is 24.1. The van der Waals surface area contributed by atoms with Gasteiger partial charge in [0.05, 0.1) is 5.69 Å². The van der Waals surface area contributed by atoms with Crippen LogP contribution in [0.3, 0.4) is 0 Å². The fraction of sp³-hybridized carbons (Fsp3) is 0.0526. The zero-order chi connectivity index (χ0) is 17.1.